The number of hydrogen-bond donors (Lipinski definition) is 0. The van der Waals surface area contributed by atoms with Gasteiger partial charge in [0.2, 0.25) is 0 Å². The molecule has 0 amide bonds. The van der Waals surface area contributed by atoms with Crippen LogP contribution in [0.2, 0.25) is 0 Å². The zero-order valence-electron chi connectivity index (χ0n) is 46.6. The van der Waals surface area contributed by atoms with Gasteiger partial charge in [0.1, 0.15) is 0 Å². The second kappa shape index (κ2) is 19.8. The molecule has 0 aromatic heterocycles. The van der Waals surface area contributed by atoms with E-state index >= 15 is 0 Å². The molecule has 0 fully saturated rings. The molecule has 2 nitrogen and oxygen atoms in total. The maximum absolute atomic E-state index is 2.50. The van der Waals surface area contributed by atoms with Gasteiger partial charge in [-0.25, -0.2) is 0 Å². The Hall–Kier alpha value is -11.1. The van der Waals surface area contributed by atoms with Crippen LogP contribution >= 0.6 is 0 Å². The summed E-state index contributed by atoms with van der Waals surface area (Å²) >= 11 is 0. The molecule has 0 aliphatic heterocycles. The summed E-state index contributed by atoms with van der Waals surface area (Å²) in [6, 6.07) is 111. The lowest BCUT2D eigenvalue weighted by Gasteiger charge is -2.30. The molecule has 0 bridgehead atoms. The summed E-state index contributed by atoms with van der Waals surface area (Å²) in [5.74, 6) is 0. The zero-order chi connectivity index (χ0) is 56.0. The molecule has 0 saturated heterocycles. The SMILES string of the molecule is C1=CC(N(c2ccc3ccccc3c2)c2ccc3c(-c4ccc5c(ccc6ccccc65)c4)c4cc(N(c5cccc6ccccc56)c5cccc6ccccc56)ccc4c(-c4ccc5c(ccc6ccccc65)c4)c3c2)=c2ccccc2=CC1. The van der Waals surface area contributed by atoms with Gasteiger partial charge in [0.25, 0.3) is 0 Å². The molecule has 0 heterocycles. The van der Waals surface area contributed by atoms with E-state index in [0.717, 1.165) is 46.1 Å². The smallest absolute Gasteiger partial charge is 0.0540 e. The monoisotopic (exact) mass is 1080 g/mol. The van der Waals surface area contributed by atoms with Crippen molar-refractivity contribution in [2.45, 2.75) is 6.42 Å². The first-order chi connectivity index (χ1) is 42.1. The molecule has 0 saturated carbocycles. The van der Waals surface area contributed by atoms with Gasteiger partial charge in [-0.15, -0.1) is 0 Å². The molecule has 0 N–H and O–H groups in total. The van der Waals surface area contributed by atoms with Crippen molar-refractivity contribution in [1.82, 2.24) is 0 Å². The van der Waals surface area contributed by atoms with Crippen LogP contribution in [-0.2, 0) is 0 Å². The maximum atomic E-state index is 2.50. The minimum atomic E-state index is 0.850. The normalized spacial score (nSPS) is 12.4. The largest absolute Gasteiger partial charge is 0.310 e. The standard InChI is InChI=1S/C83H54N2/c1-2-24-60-51-65(42-39-54(60)17-1)84(79-32-14-8-21-55-18-5-11-29-72(55)79)66-43-47-75-77(52-66)82(63-40-45-70-61(49-63)37-35-58-22-3-9-27-68(58)70)76-48-44-67(53-78(76)83(75)64-41-46-71-62(50-64)38-36-59-23-4-10-28-69(59)71)85(80-33-15-25-56-19-6-12-30-73(56)80)81-34-16-26-57-20-7-13-31-74(57)81/h1-7,9-53H,8H2. The fraction of sp³-hybridized carbons (Fsp3) is 0.0120. The van der Waals surface area contributed by atoms with Gasteiger partial charge in [-0.2, -0.15) is 0 Å². The van der Waals surface area contributed by atoms with E-state index in [4.69, 9.17) is 0 Å². The first kappa shape index (κ1) is 48.6. The van der Waals surface area contributed by atoms with E-state index in [0.29, 0.717) is 0 Å². The topological polar surface area (TPSA) is 6.48 Å². The van der Waals surface area contributed by atoms with Crippen LogP contribution in [0, 0.1) is 0 Å². The van der Waals surface area contributed by atoms with Crippen molar-refractivity contribution in [3.05, 3.63) is 320 Å². The summed E-state index contributed by atoms with van der Waals surface area (Å²) in [6.07, 6.45) is 7.84. The van der Waals surface area contributed by atoms with Gasteiger partial charge in [-0.1, -0.05) is 249 Å². The lowest BCUT2D eigenvalue weighted by Crippen LogP contribution is -2.31. The van der Waals surface area contributed by atoms with Crippen LogP contribution in [0.3, 0.4) is 0 Å². The molecule has 17 rings (SSSR count). The molecule has 1 aliphatic rings. The van der Waals surface area contributed by atoms with Gasteiger partial charge in [0, 0.05) is 33.1 Å². The lowest BCUT2D eigenvalue weighted by molar-refractivity contribution is 1.29. The summed E-state index contributed by atoms with van der Waals surface area (Å²) in [7, 11) is 0. The summed E-state index contributed by atoms with van der Waals surface area (Å²) in [6.45, 7) is 0. The summed E-state index contributed by atoms with van der Waals surface area (Å²) < 4.78 is 0. The lowest BCUT2D eigenvalue weighted by atomic mass is 9.84. The molecule has 0 atom stereocenters. The van der Waals surface area contributed by atoms with E-state index in [2.05, 4.69) is 325 Å². The van der Waals surface area contributed by atoms with Crippen LogP contribution in [0.5, 0.6) is 0 Å². The first-order valence-electron chi connectivity index (χ1n) is 29.5. The number of benzene rings is 16. The molecule has 2 heteroatoms. The molecule has 16 aromatic rings. The first-order valence-corrected chi connectivity index (χ1v) is 29.5. The van der Waals surface area contributed by atoms with Crippen LogP contribution in [0.15, 0.2) is 309 Å². The third-order valence-electron chi connectivity index (χ3n) is 17.9. The highest BCUT2D eigenvalue weighted by Gasteiger charge is 2.25. The summed E-state index contributed by atoms with van der Waals surface area (Å²) in [5, 5.41) is 24.2. The number of nitrogens with zero attached hydrogens (tertiary/aromatic N) is 2. The molecule has 16 aromatic carbocycles. The van der Waals surface area contributed by atoms with Crippen molar-refractivity contribution in [3.8, 4) is 22.3 Å². The van der Waals surface area contributed by atoms with Gasteiger partial charge >= 0.3 is 0 Å². The number of allylic oxidation sites excluding steroid dienone is 1. The van der Waals surface area contributed by atoms with Crippen molar-refractivity contribution < 1.29 is 0 Å². The Morgan fingerprint density at radius 2 is 0.659 bits per heavy atom. The van der Waals surface area contributed by atoms with E-state index in [1.165, 1.54) is 124 Å². The fourth-order valence-electron chi connectivity index (χ4n) is 14.0. The molecule has 85 heavy (non-hydrogen) atoms. The Kier molecular flexibility index (Phi) is 11.4. The highest BCUT2D eigenvalue weighted by Crippen LogP contribution is 2.50. The van der Waals surface area contributed by atoms with Crippen molar-refractivity contribution in [3.63, 3.8) is 0 Å². The van der Waals surface area contributed by atoms with Crippen LogP contribution in [0.4, 0.5) is 28.4 Å². The van der Waals surface area contributed by atoms with Crippen molar-refractivity contribution in [1.29, 1.82) is 0 Å². The predicted molar refractivity (Wildman–Crippen MR) is 365 cm³/mol. The Morgan fingerprint density at radius 1 is 0.247 bits per heavy atom. The van der Waals surface area contributed by atoms with Crippen molar-refractivity contribution >= 4 is 137 Å². The highest BCUT2D eigenvalue weighted by atomic mass is 15.2. The molecule has 0 unspecified atom stereocenters. The number of fused-ring (bicyclic) bond motifs is 12. The van der Waals surface area contributed by atoms with Gasteiger partial charge in [-0.3, -0.25) is 0 Å². The van der Waals surface area contributed by atoms with E-state index in [-0.39, 0.29) is 0 Å². The number of anilines is 5. The number of rotatable bonds is 8. The fourth-order valence-corrected chi connectivity index (χ4v) is 14.0. The van der Waals surface area contributed by atoms with Gasteiger partial charge < -0.3 is 9.80 Å². The molecule has 0 radical (unpaired) electrons. The van der Waals surface area contributed by atoms with Crippen LogP contribution in [-0.4, -0.2) is 0 Å². The Morgan fingerprint density at radius 3 is 1.25 bits per heavy atom. The summed E-state index contributed by atoms with van der Waals surface area (Å²) in [4.78, 5) is 5.00. The molecule has 396 valence electrons. The zero-order valence-corrected chi connectivity index (χ0v) is 46.6. The Bertz CT molecular complexity index is 5520. The second-order valence-corrected chi connectivity index (χ2v) is 22.7. The van der Waals surface area contributed by atoms with Crippen LogP contribution in [0.25, 0.3) is 131 Å². The maximum Gasteiger partial charge on any atom is 0.0540 e. The molecule has 0 spiro atoms. The highest BCUT2D eigenvalue weighted by molar-refractivity contribution is 6.24. The van der Waals surface area contributed by atoms with Gasteiger partial charge in [-0.05, 0) is 187 Å². The quantitative estimate of drug-likeness (QED) is 0.111. The van der Waals surface area contributed by atoms with E-state index in [1.54, 1.807) is 0 Å². The molecular weight excluding hydrogens is 1020 g/mol. The van der Waals surface area contributed by atoms with E-state index < -0.39 is 0 Å². The third kappa shape index (κ3) is 8.10. The Labute approximate surface area is 492 Å². The van der Waals surface area contributed by atoms with Crippen molar-refractivity contribution in [2.75, 3.05) is 9.80 Å². The van der Waals surface area contributed by atoms with E-state index in [9.17, 15) is 0 Å². The van der Waals surface area contributed by atoms with Crippen LogP contribution < -0.4 is 20.2 Å². The van der Waals surface area contributed by atoms with Crippen LogP contribution in [0.1, 0.15) is 6.42 Å². The van der Waals surface area contributed by atoms with Crippen molar-refractivity contribution in [2.24, 2.45) is 0 Å². The molecule has 1 aliphatic carbocycles. The second-order valence-electron chi connectivity index (χ2n) is 22.7. The Balaban J connectivity index is 1.01. The third-order valence-corrected chi connectivity index (χ3v) is 17.9. The minimum absolute atomic E-state index is 0.850. The average molecular weight is 1080 g/mol. The van der Waals surface area contributed by atoms with Gasteiger partial charge in [0.05, 0.1) is 17.1 Å². The number of hydrogen-bond acceptors (Lipinski definition) is 2. The van der Waals surface area contributed by atoms with Gasteiger partial charge in [0.15, 0.2) is 0 Å². The molecular formula is C83H54N2. The van der Waals surface area contributed by atoms with E-state index in [1.807, 2.05) is 0 Å². The summed E-state index contributed by atoms with van der Waals surface area (Å²) in [5.41, 5.74) is 11.4. The minimum Gasteiger partial charge on any atom is -0.310 e. The predicted octanol–water partition coefficient (Wildman–Crippen LogP) is 21.6. The average Bonchev–Trinajstić information content (AvgIpc) is 1.26.